The number of amides is 1. The maximum atomic E-state index is 12.9. The van der Waals surface area contributed by atoms with Crippen molar-refractivity contribution in [2.75, 3.05) is 0 Å². The van der Waals surface area contributed by atoms with Gasteiger partial charge in [0.25, 0.3) is 5.91 Å². The second kappa shape index (κ2) is 9.67. The van der Waals surface area contributed by atoms with E-state index in [0.29, 0.717) is 22.4 Å². The highest BCUT2D eigenvalue weighted by Gasteiger charge is 2.33. The summed E-state index contributed by atoms with van der Waals surface area (Å²) < 4.78 is 5.40. The van der Waals surface area contributed by atoms with E-state index >= 15 is 0 Å². The van der Waals surface area contributed by atoms with Gasteiger partial charge in [0.05, 0.1) is 23.9 Å². The number of carbonyl (C=O) groups excluding carboxylic acids is 1. The van der Waals surface area contributed by atoms with E-state index in [1.54, 1.807) is 41.9 Å². The average Bonchev–Trinajstić information content (AvgIpc) is 3.40. The van der Waals surface area contributed by atoms with Crippen LogP contribution in [0.15, 0.2) is 105 Å². The number of amidine groups is 1. The molecule has 1 amide bonds. The van der Waals surface area contributed by atoms with Gasteiger partial charge >= 0.3 is 0 Å². The summed E-state index contributed by atoms with van der Waals surface area (Å²) in [5.74, 6) is 0.540. The van der Waals surface area contributed by atoms with Crippen LogP contribution in [0, 0.1) is 0 Å². The Morgan fingerprint density at radius 2 is 1.93 bits per heavy atom. The van der Waals surface area contributed by atoms with Crippen molar-refractivity contribution in [3.05, 3.63) is 107 Å². The van der Waals surface area contributed by atoms with E-state index < -0.39 is 0 Å². The minimum atomic E-state index is -0.135. The number of carbonyl (C=O) groups is 1. The van der Waals surface area contributed by atoms with Crippen molar-refractivity contribution in [3.8, 4) is 0 Å². The molecule has 0 atom stereocenters. The van der Waals surface area contributed by atoms with Gasteiger partial charge in [0.2, 0.25) is 0 Å². The summed E-state index contributed by atoms with van der Waals surface area (Å²) in [6.07, 6.45) is 12.2. The average molecular weight is 414 g/mol. The first kappa shape index (κ1) is 19.6. The Hall–Kier alpha value is -3.71. The number of hydrogen-bond donors (Lipinski definition) is 0. The minimum Gasteiger partial charge on any atom is -0.467 e. The predicted molar refractivity (Wildman–Crippen MR) is 120 cm³/mol. The number of nitrogens with zero attached hydrogens (tertiary/aromatic N) is 4. The Labute approximate surface area is 178 Å². The van der Waals surface area contributed by atoms with Gasteiger partial charge in [-0.25, -0.2) is 0 Å². The van der Waals surface area contributed by atoms with Gasteiger partial charge in [-0.2, -0.15) is 5.10 Å². The summed E-state index contributed by atoms with van der Waals surface area (Å²) in [6, 6.07) is 17.2. The third kappa shape index (κ3) is 5.01. The van der Waals surface area contributed by atoms with Gasteiger partial charge in [-0.1, -0.05) is 48.6 Å². The Bertz CT molecular complexity index is 1100. The second-order valence-corrected chi connectivity index (χ2v) is 7.30. The summed E-state index contributed by atoms with van der Waals surface area (Å²) in [7, 11) is 0. The van der Waals surface area contributed by atoms with Gasteiger partial charge in [0.15, 0.2) is 5.17 Å². The molecule has 3 heterocycles. The first-order valence-electron chi connectivity index (χ1n) is 9.26. The monoisotopic (exact) mass is 414 g/mol. The van der Waals surface area contributed by atoms with Gasteiger partial charge in [0.1, 0.15) is 5.76 Å². The second-order valence-electron chi connectivity index (χ2n) is 6.29. The highest BCUT2D eigenvalue weighted by Crippen LogP contribution is 2.32. The van der Waals surface area contributed by atoms with Gasteiger partial charge in [-0.15, -0.1) is 5.10 Å². The number of allylic oxidation sites excluding steroid dienone is 2. The van der Waals surface area contributed by atoms with Crippen molar-refractivity contribution < 1.29 is 9.21 Å². The molecule has 0 saturated carbocycles. The quantitative estimate of drug-likeness (QED) is 0.332. The molecule has 2 aromatic heterocycles. The third-order valence-corrected chi connectivity index (χ3v) is 5.17. The Morgan fingerprint density at radius 3 is 2.70 bits per heavy atom. The lowest BCUT2D eigenvalue weighted by molar-refractivity contribution is -0.122. The SMILES string of the molecule is O=C1/C(=C/C=C/c2ccccc2)S/C(=N/N=C\c2cccnc2)N1Cc1ccco1. The molecule has 4 rings (SSSR count). The number of benzene rings is 1. The molecule has 6 nitrogen and oxygen atoms in total. The van der Waals surface area contributed by atoms with E-state index in [-0.39, 0.29) is 5.91 Å². The molecular weight excluding hydrogens is 396 g/mol. The number of hydrogen-bond acceptors (Lipinski definition) is 6. The molecule has 0 unspecified atom stereocenters. The fourth-order valence-corrected chi connectivity index (χ4v) is 3.59. The van der Waals surface area contributed by atoms with Crippen LogP contribution in [-0.4, -0.2) is 27.2 Å². The van der Waals surface area contributed by atoms with Gasteiger partial charge in [0, 0.05) is 18.0 Å². The number of aromatic nitrogens is 1. The Balaban J connectivity index is 1.55. The minimum absolute atomic E-state index is 0.135. The number of furan rings is 1. The largest absolute Gasteiger partial charge is 0.467 e. The maximum absolute atomic E-state index is 12.9. The highest BCUT2D eigenvalue weighted by molar-refractivity contribution is 8.18. The molecule has 30 heavy (non-hydrogen) atoms. The number of thioether (sulfide) groups is 1. The highest BCUT2D eigenvalue weighted by atomic mass is 32.2. The first-order chi connectivity index (χ1) is 14.8. The molecule has 0 spiro atoms. The standard InChI is InChI=1S/C23H18N4O2S/c28-22-21(12-4-9-18-7-2-1-3-8-18)30-23(27(22)17-20-11-6-14-29-20)26-25-16-19-10-5-13-24-15-19/h1-16H,17H2/b9-4+,21-12-,25-16-,26-23+. The molecule has 3 aromatic rings. The zero-order chi connectivity index (χ0) is 20.6. The van der Waals surface area contributed by atoms with Crippen LogP contribution in [0.5, 0.6) is 0 Å². The molecule has 1 fully saturated rings. The molecule has 148 valence electrons. The summed E-state index contributed by atoms with van der Waals surface area (Å²) in [5, 5.41) is 8.90. The normalized spacial score (nSPS) is 17.2. The Morgan fingerprint density at radius 1 is 1.07 bits per heavy atom. The van der Waals surface area contributed by atoms with Crippen molar-refractivity contribution >= 4 is 35.1 Å². The molecule has 0 radical (unpaired) electrons. The van der Waals surface area contributed by atoms with Crippen LogP contribution >= 0.6 is 11.8 Å². The van der Waals surface area contributed by atoms with E-state index in [4.69, 9.17) is 4.42 Å². The smallest absolute Gasteiger partial charge is 0.267 e. The van der Waals surface area contributed by atoms with E-state index in [1.807, 2.05) is 60.7 Å². The van der Waals surface area contributed by atoms with Crippen molar-refractivity contribution in [2.45, 2.75) is 6.54 Å². The number of pyridine rings is 1. The van der Waals surface area contributed by atoms with Crippen LogP contribution in [0.2, 0.25) is 0 Å². The molecule has 0 bridgehead atoms. The molecule has 7 heteroatoms. The van der Waals surface area contributed by atoms with Gasteiger partial charge in [-0.3, -0.25) is 14.7 Å². The van der Waals surface area contributed by atoms with E-state index in [2.05, 4.69) is 15.2 Å². The van der Waals surface area contributed by atoms with Crippen LogP contribution in [0.4, 0.5) is 0 Å². The predicted octanol–water partition coefficient (Wildman–Crippen LogP) is 4.74. The lowest BCUT2D eigenvalue weighted by Gasteiger charge is -2.12. The summed E-state index contributed by atoms with van der Waals surface area (Å²) in [4.78, 5) is 19.1. The van der Waals surface area contributed by atoms with Crippen LogP contribution in [0.25, 0.3) is 6.08 Å². The van der Waals surface area contributed by atoms with Gasteiger partial charge in [-0.05, 0) is 41.6 Å². The lowest BCUT2D eigenvalue weighted by atomic mass is 10.2. The molecule has 1 aromatic carbocycles. The third-order valence-electron chi connectivity index (χ3n) is 4.15. The maximum Gasteiger partial charge on any atom is 0.267 e. The molecule has 1 aliphatic rings. The zero-order valence-electron chi connectivity index (χ0n) is 16.0. The number of rotatable bonds is 6. The summed E-state index contributed by atoms with van der Waals surface area (Å²) >= 11 is 1.28. The van der Waals surface area contributed by atoms with Gasteiger partial charge < -0.3 is 4.42 Å². The van der Waals surface area contributed by atoms with Crippen LogP contribution < -0.4 is 0 Å². The molecule has 0 N–H and O–H groups in total. The van der Waals surface area contributed by atoms with Crippen LogP contribution in [0.1, 0.15) is 16.9 Å². The van der Waals surface area contributed by atoms with Crippen molar-refractivity contribution in [3.63, 3.8) is 0 Å². The van der Waals surface area contributed by atoms with Crippen LogP contribution in [-0.2, 0) is 11.3 Å². The summed E-state index contributed by atoms with van der Waals surface area (Å²) in [6.45, 7) is 0.291. The van der Waals surface area contributed by atoms with E-state index in [9.17, 15) is 4.79 Å². The van der Waals surface area contributed by atoms with E-state index in [0.717, 1.165) is 11.1 Å². The molecular formula is C23H18N4O2S. The first-order valence-corrected chi connectivity index (χ1v) is 10.1. The van der Waals surface area contributed by atoms with E-state index in [1.165, 1.54) is 11.8 Å². The fourth-order valence-electron chi connectivity index (χ4n) is 2.70. The lowest BCUT2D eigenvalue weighted by Crippen LogP contribution is -2.28. The van der Waals surface area contributed by atoms with Crippen molar-refractivity contribution in [2.24, 2.45) is 10.2 Å². The zero-order valence-corrected chi connectivity index (χ0v) is 16.8. The van der Waals surface area contributed by atoms with Crippen molar-refractivity contribution in [1.29, 1.82) is 0 Å². The van der Waals surface area contributed by atoms with Crippen molar-refractivity contribution in [1.82, 2.24) is 9.88 Å². The fraction of sp³-hybridized carbons (Fsp3) is 0.0435. The summed E-state index contributed by atoms with van der Waals surface area (Å²) in [5.41, 5.74) is 1.89. The van der Waals surface area contributed by atoms with Crippen LogP contribution in [0.3, 0.4) is 0 Å². The molecule has 0 aliphatic carbocycles. The molecule has 1 saturated heterocycles. The molecule has 1 aliphatic heterocycles. The Kier molecular flexibility index (Phi) is 6.31. The topological polar surface area (TPSA) is 71.1 Å².